The molecule has 0 aliphatic heterocycles. The summed E-state index contributed by atoms with van der Waals surface area (Å²) in [7, 11) is 0. The predicted octanol–water partition coefficient (Wildman–Crippen LogP) is 16.3. The van der Waals surface area contributed by atoms with Gasteiger partial charge in [-0.05, 0) is 111 Å². The minimum Gasteiger partial charge on any atom is -0.455 e. The summed E-state index contributed by atoms with van der Waals surface area (Å²) in [5.74, 6) is 0. The van der Waals surface area contributed by atoms with Crippen molar-refractivity contribution in [2.24, 2.45) is 0 Å². The van der Waals surface area contributed by atoms with Crippen molar-refractivity contribution >= 4 is 71.6 Å². The molecule has 0 saturated carbocycles. The van der Waals surface area contributed by atoms with Gasteiger partial charge in [0.15, 0.2) is 0 Å². The van der Waals surface area contributed by atoms with Gasteiger partial charge in [-0.25, -0.2) is 0 Å². The Morgan fingerprint density at radius 1 is 0.328 bits per heavy atom. The van der Waals surface area contributed by atoms with E-state index in [1.54, 1.807) is 0 Å². The standard InChI is InChI=1S/C58H38N2O/c1-3-13-39(14-4-1)45-29-34-51-50-19-9-11-21-55(50)60(56(51)36-45)49-37-53(58-54(38-49)52-20-10-12-22-57(52)61-58)42-27-32-48(33-28-42)59(46-17-5-2-6-18-46)47-30-25-41(26-31-47)44-24-23-40-15-7-8-16-43(40)35-44/h1-38H. The van der Waals surface area contributed by atoms with E-state index in [1.807, 2.05) is 6.07 Å². The van der Waals surface area contributed by atoms with Crippen molar-refractivity contribution in [3.05, 3.63) is 231 Å². The summed E-state index contributed by atoms with van der Waals surface area (Å²) in [6.07, 6.45) is 0. The zero-order valence-electron chi connectivity index (χ0n) is 33.2. The summed E-state index contributed by atoms with van der Waals surface area (Å²) in [6.45, 7) is 0. The number of benzene rings is 10. The van der Waals surface area contributed by atoms with Crippen molar-refractivity contribution in [2.75, 3.05) is 4.90 Å². The first-order valence-electron chi connectivity index (χ1n) is 20.8. The topological polar surface area (TPSA) is 21.3 Å². The average Bonchev–Trinajstić information content (AvgIpc) is 3.88. The van der Waals surface area contributed by atoms with E-state index >= 15 is 0 Å². The second-order valence-corrected chi connectivity index (χ2v) is 15.7. The number of furan rings is 1. The highest BCUT2D eigenvalue weighted by molar-refractivity contribution is 6.13. The number of nitrogens with zero attached hydrogens (tertiary/aromatic N) is 2. The lowest BCUT2D eigenvalue weighted by Crippen LogP contribution is -2.09. The Morgan fingerprint density at radius 2 is 0.885 bits per heavy atom. The van der Waals surface area contributed by atoms with E-state index < -0.39 is 0 Å². The van der Waals surface area contributed by atoms with Gasteiger partial charge in [-0.1, -0.05) is 158 Å². The van der Waals surface area contributed by atoms with Gasteiger partial charge in [0.05, 0.1) is 11.0 Å². The van der Waals surface area contributed by atoms with Crippen LogP contribution in [0.25, 0.3) is 93.6 Å². The van der Waals surface area contributed by atoms with Crippen molar-refractivity contribution in [2.45, 2.75) is 0 Å². The van der Waals surface area contributed by atoms with Crippen LogP contribution in [0.2, 0.25) is 0 Å². The van der Waals surface area contributed by atoms with Crippen LogP contribution in [0, 0.1) is 0 Å². The summed E-state index contributed by atoms with van der Waals surface area (Å²) in [5, 5.41) is 7.14. The van der Waals surface area contributed by atoms with Gasteiger partial charge < -0.3 is 13.9 Å². The van der Waals surface area contributed by atoms with Crippen LogP contribution in [0.3, 0.4) is 0 Å². The number of rotatable bonds is 7. The Hall–Kier alpha value is -8.14. The van der Waals surface area contributed by atoms with Crippen molar-refractivity contribution in [1.82, 2.24) is 4.57 Å². The Bertz CT molecular complexity index is 3560. The van der Waals surface area contributed by atoms with Crippen LogP contribution < -0.4 is 4.90 Å². The highest BCUT2D eigenvalue weighted by Gasteiger charge is 2.20. The molecule has 3 nitrogen and oxygen atoms in total. The number of aromatic nitrogens is 1. The van der Waals surface area contributed by atoms with Crippen molar-refractivity contribution in [3.8, 4) is 39.1 Å². The van der Waals surface area contributed by atoms with Gasteiger partial charge in [-0.3, -0.25) is 0 Å². The van der Waals surface area contributed by atoms with Crippen LogP contribution in [0.4, 0.5) is 17.1 Å². The molecular weight excluding hydrogens is 741 g/mol. The lowest BCUT2D eigenvalue weighted by Gasteiger charge is -2.26. The Balaban J connectivity index is 0.996. The van der Waals surface area contributed by atoms with E-state index in [0.29, 0.717) is 0 Å². The minimum atomic E-state index is 0.878. The van der Waals surface area contributed by atoms with E-state index in [2.05, 4.69) is 234 Å². The fourth-order valence-corrected chi connectivity index (χ4v) is 9.20. The van der Waals surface area contributed by atoms with E-state index in [4.69, 9.17) is 4.42 Å². The Morgan fingerprint density at radius 3 is 1.67 bits per heavy atom. The molecule has 12 rings (SSSR count). The number of anilines is 3. The molecule has 0 aliphatic rings. The fourth-order valence-electron chi connectivity index (χ4n) is 9.20. The first-order valence-corrected chi connectivity index (χ1v) is 20.8. The highest BCUT2D eigenvalue weighted by Crippen LogP contribution is 2.43. The van der Waals surface area contributed by atoms with Gasteiger partial charge in [0.1, 0.15) is 11.2 Å². The molecule has 61 heavy (non-hydrogen) atoms. The monoisotopic (exact) mass is 778 g/mol. The SMILES string of the molecule is c1ccc(-c2ccc3c4ccccc4n(-c4cc(-c5ccc(N(c6ccccc6)c6ccc(-c7ccc8ccccc8c7)cc6)cc5)c5oc6ccccc6c5c4)c3c2)cc1. The number of hydrogen-bond donors (Lipinski definition) is 0. The third-order valence-electron chi connectivity index (χ3n) is 12.2. The molecule has 0 unspecified atom stereocenters. The van der Waals surface area contributed by atoms with Crippen LogP contribution >= 0.6 is 0 Å². The van der Waals surface area contributed by atoms with Crippen LogP contribution in [-0.2, 0) is 0 Å². The Labute approximate surface area is 353 Å². The van der Waals surface area contributed by atoms with Crippen LogP contribution in [0.1, 0.15) is 0 Å². The molecule has 0 amide bonds. The van der Waals surface area contributed by atoms with Gasteiger partial charge in [0.2, 0.25) is 0 Å². The van der Waals surface area contributed by atoms with E-state index in [1.165, 1.54) is 54.8 Å². The molecular formula is C58H38N2O. The van der Waals surface area contributed by atoms with Crippen molar-refractivity contribution in [3.63, 3.8) is 0 Å². The second-order valence-electron chi connectivity index (χ2n) is 15.7. The van der Waals surface area contributed by atoms with Gasteiger partial charge in [0.25, 0.3) is 0 Å². The number of para-hydroxylation sites is 3. The third kappa shape index (κ3) is 5.98. The molecule has 0 fully saturated rings. The zero-order chi connectivity index (χ0) is 40.3. The van der Waals surface area contributed by atoms with Crippen LogP contribution in [0.5, 0.6) is 0 Å². The molecule has 3 heteroatoms. The average molecular weight is 779 g/mol. The molecule has 10 aromatic carbocycles. The first-order chi connectivity index (χ1) is 30.2. The number of fused-ring (bicyclic) bond motifs is 7. The predicted molar refractivity (Wildman–Crippen MR) is 257 cm³/mol. The first kappa shape index (κ1) is 34.9. The third-order valence-corrected chi connectivity index (χ3v) is 12.2. The lowest BCUT2D eigenvalue weighted by atomic mass is 9.99. The lowest BCUT2D eigenvalue weighted by molar-refractivity contribution is 0.670. The van der Waals surface area contributed by atoms with E-state index in [9.17, 15) is 0 Å². The van der Waals surface area contributed by atoms with E-state index in [0.717, 1.165) is 55.8 Å². The molecule has 2 heterocycles. The van der Waals surface area contributed by atoms with Gasteiger partial charge >= 0.3 is 0 Å². The largest absolute Gasteiger partial charge is 0.455 e. The maximum atomic E-state index is 6.73. The maximum Gasteiger partial charge on any atom is 0.143 e. The van der Waals surface area contributed by atoms with Crippen LogP contribution in [-0.4, -0.2) is 4.57 Å². The Kier molecular flexibility index (Phi) is 8.17. The molecule has 0 aliphatic carbocycles. The molecule has 0 N–H and O–H groups in total. The minimum absolute atomic E-state index is 0.878. The normalized spacial score (nSPS) is 11.6. The van der Waals surface area contributed by atoms with E-state index in [-0.39, 0.29) is 0 Å². The van der Waals surface area contributed by atoms with Gasteiger partial charge in [0, 0.05) is 49.9 Å². The molecule has 12 aromatic rings. The second kappa shape index (κ2) is 14.3. The van der Waals surface area contributed by atoms with Crippen LogP contribution in [0.15, 0.2) is 235 Å². The molecule has 2 aromatic heterocycles. The summed E-state index contributed by atoms with van der Waals surface area (Å²) < 4.78 is 9.16. The molecule has 0 saturated heterocycles. The highest BCUT2D eigenvalue weighted by atomic mass is 16.3. The molecule has 0 bridgehead atoms. The maximum absolute atomic E-state index is 6.73. The van der Waals surface area contributed by atoms with Gasteiger partial charge in [-0.15, -0.1) is 0 Å². The fraction of sp³-hybridized carbons (Fsp3) is 0. The summed E-state index contributed by atoms with van der Waals surface area (Å²) >= 11 is 0. The van der Waals surface area contributed by atoms with Gasteiger partial charge in [-0.2, -0.15) is 0 Å². The quantitative estimate of drug-likeness (QED) is 0.161. The molecule has 0 spiro atoms. The van der Waals surface area contributed by atoms with Crippen molar-refractivity contribution < 1.29 is 4.42 Å². The molecule has 0 atom stereocenters. The summed E-state index contributed by atoms with van der Waals surface area (Å²) in [6, 6.07) is 82.9. The smallest absolute Gasteiger partial charge is 0.143 e. The summed E-state index contributed by atoms with van der Waals surface area (Å²) in [5.41, 5.74) is 15.4. The van der Waals surface area contributed by atoms with Crippen molar-refractivity contribution in [1.29, 1.82) is 0 Å². The molecule has 286 valence electrons. The number of hydrogen-bond acceptors (Lipinski definition) is 2. The zero-order valence-corrected chi connectivity index (χ0v) is 33.2. The summed E-state index contributed by atoms with van der Waals surface area (Å²) in [4.78, 5) is 2.32. The molecule has 0 radical (unpaired) electrons.